The molecule has 2 nitrogen and oxygen atoms in total. The summed E-state index contributed by atoms with van der Waals surface area (Å²) >= 11 is 7.89. The lowest BCUT2D eigenvalue weighted by molar-refractivity contribution is 1.29. The summed E-state index contributed by atoms with van der Waals surface area (Å²) in [6.07, 6.45) is 1.91. The highest BCUT2D eigenvalue weighted by molar-refractivity contribution is 7.08. The van der Waals surface area contributed by atoms with Gasteiger partial charge in [-0.1, -0.05) is 23.7 Å². The zero-order valence-corrected chi connectivity index (χ0v) is 10.4. The Bertz CT molecular complexity index is 635. The van der Waals surface area contributed by atoms with Crippen LogP contribution in [0, 0.1) is 0 Å². The molecule has 0 aliphatic carbocycles. The SMILES string of the molecule is Cl/C(=C\c1ccsc1)c1nc2ccccc2[nH]1. The molecule has 0 amide bonds. The number of H-pyrrole nitrogens is 1. The third kappa shape index (κ3) is 2.12. The standard InChI is InChI=1S/C13H9ClN2S/c14-10(7-9-5-6-17-8-9)13-15-11-3-1-2-4-12(11)16-13/h1-8H,(H,15,16)/b10-7-. The Morgan fingerprint density at radius 3 is 2.94 bits per heavy atom. The molecular weight excluding hydrogens is 252 g/mol. The number of nitrogens with one attached hydrogen (secondary N) is 1. The van der Waals surface area contributed by atoms with E-state index in [9.17, 15) is 0 Å². The highest BCUT2D eigenvalue weighted by Gasteiger charge is 2.05. The van der Waals surface area contributed by atoms with Gasteiger partial charge in [0, 0.05) is 0 Å². The lowest BCUT2D eigenvalue weighted by atomic mass is 10.3. The molecular formula is C13H9ClN2S. The van der Waals surface area contributed by atoms with Crippen LogP contribution in [0.1, 0.15) is 11.4 Å². The summed E-state index contributed by atoms with van der Waals surface area (Å²) in [7, 11) is 0. The predicted octanol–water partition coefficient (Wildman–Crippen LogP) is 4.36. The fourth-order valence-electron chi connectivity index (χ4n) is 1.64. The highest BCUT2D eigenvalue weighted by Crippen LogP contribution is 2.23. The van der Waals surface area contributed by atoms with Gasteiger partial charge >= 0.3 is 0 Å². The second-order valence-electron chi connectivity index (χ2n) is 3.65. The Labute approximate surface area is 108 Å². The van der Waals surface area contributed by atoms with Crippen LogP contribution in [-0.2, 0) is 0 Å². The maximum Gasteiger partial charge on any atom is 0.150 e. The summed E-state index contributed by atoms with van der Waals surface area (Å²) in [6.45, 7) is 0. The third-order valence-corrected chi connectivity index (χ3v) is 3.44. The number of thiophene rings is 1. The van der Waals surface area contributed by atoms with E-state index < -0.39 is 0 Å². The lowest BCUT2D eigenvalue weighted by Crippen LogP contribution is -1.79. The van der Waals surface area contributed by atoms with Crippen LogP contribution >= 0.6 is 22.9 Å². The van der Waals surface area contributed by atoms with Crippen molar-refractivity contribution in [2.45, 2.75) is 0 Å². The smallest absolute Gasteiger partial charge is 0.150 e. The van der Waals surface area contributed by atoms with Crippen molar-refractivity contribution in [3.05, 3.63) is 52.5 Å². The number of halogens is 1. The van der Waals surface area contributed by atoms with Crippen LogP contribution in [0.2, 0.25) is 0 Å². The van der Waals surface area contributed by atoms with Gasteiger partial charge < -0.3 is 4.98 Å². The molecule has 1 aromatic carbocycles. The van der Waals surface area contributed by atoms with Crippen LogP contribution in [0.15, 0.2) is 41.1 Å². The summed E-state index contributed by atoms with van der Waals surface area (Å²) < 4.78 is 0. The molecule has 0 saturated carbocycles. The Kier molecular flexibility index (Phi) is 2.71. The van der Waals surface area contributed by atoms with Gasteiger partial charge in [-0.3, -0.25) is 0 Å². The molecule has 0 fully saturated rings. The second kappa shape index (κ2) is 4.35. The van der Waals surface area contributed by atoms with E-state index >= 15 is 0 Å². The van der Waals surface area contributed by atoms with Gasteiger partial charge in [0.2, 0.25) is 0 Å². The van der Waals surface area contributed by atoms with Crippen LogP contribution in [0.25, 0.3) is 22.1 Å². The fraction of sp³-hybridized carbons (Fsp3) is 0. The van der Waals surface area contributed by atoms with Gasteiger partial charge in [-0.15, -0.1) is 0 Å². The topological polar surface area (TPSA) is 28.7 Å². The number of fused-ring (bicyclic) bond motifs is 1. The number of nitrogens with zero attached hydrogens (tertiary/aromatic N) is 1. The molecule has 0 spiro atoms. The van der Waals surface area contributed by atoms with E-state index in [2.05, 4.69) is 9.97 Å². The van der Waals surface area contributed by atoms with Crippen molar-refractivity contribution in [1.29, 1.82) is 0 Å². The number of rotatable bonds is 2. The third-order valence-electron chi connectivity index (χ3n) is 2.45. The summed E-state index contributed by atoms with van der Waals surface area (Å²) in [5.41, 5.74) is 3.03. The second-order valence-corrected chi connectivity index (χ2v) is 4.84. The Balaban J connectivity index is 2.03. The largest absolute Gasteiger partial charge is 0.337 e. The number of imidazole rings is 1. The van der Waals surface area contributed by atoms with E-state index in [1.54, 1.807) is 11.3 Å². The zero-order chi connectivity index (χ0) is 11.7. The van der Waals surface area contributed by atoms with E-state index in [4.69, 9.17) is 11.6 Å². The molecule has 0 aliphatic heterocycles. The Morgan fingerprint density at radius 1 is 1.29 bits per heavy atom. The van der Waals surface area contributed by atoms with Gasteiger partial charge in [0.25, 0.3) is 0 Å². The fourth-order valence-corrected chi connectivity index (χ4v) is 2.47. The lowest BCUT2D eigenvalue weighted by Gasteiger charge is -1.91. The van der Waals surface area contributed by atoms with Crippen molar-refractivity contribution in [3.63, 3.8) is 0 Å². The summed E-state index contributed by atoms with van der Waals surface area (Å²) in [5.74, 6) is 0.707. The van der Waals surface area contributed by atoms with E-state index in [1.165, 1.54) is 0 Å². The molecule has 17 heavy (non-hydrogen) atoms. The molecule has 1 N–H and O–H groups in total. The minimum atomic E-state index is 0.625. The van der Waals surface area contributed by atoms with E-state index in [1.807, 2.05) is 47.2 Å². The average molecular weight is 261 g/mol. The minimum absolute atomic E-state index is 0.625. The summed E-state index contributed by atoms with van der Waals surface area (Å²) in [5, 5.41) is 4.69. The summed E-state index contributed by atoms with van der Waals surface area (Å²) in [6, 6.07) is 9.91. The van der Waals surface area contributed by atoms with Gasteiger partial charge in [0.15, 0.2) is 0 Å². The number of hydrogen-bond donors (Lipinski definition) is 1. The number of aromatic nitrogens is 2. The van der Waals surface area contributed by atoms with Crippen molar-refractivity contribution in [2.24, 2.45) is 0 Å². The number of hydrogen-bond acceptors (Lipinski definition) is 2. The van der Waals surface area contributed by atoms with Gasteiger partial charge in [0.1, 0.15) is 5.82 Å². The van der Waals surface area contributed by atoms with Crippen LogP contribution in [-0.4, -0.2) is 9.97 Å². The van der Waals surface area contributed by atoms with E-state index in [-0.39, 0.29) is 0 Å². The first-order chi connectivity index (χ1) is 8.33. The van der Waals surface area contributed by atoms with Crippen LogP contribution < -0.4 is 0 Å². The molecule has 0 radical (unpaired) electrons. The van der Waals surface area contributed by atoms with E-state index in [0.717, 1.165) is 16.6 Å². The maximum absolute atomic E-state index is 6.24. The molecule has 2 heterocycles. The molecule has 0 aliphatic rings. The molecule has 0 saturated heterocycles. The van der Waals surface area contributed by atoms with Crippen molar-refractivity contribution >= 4 is 45.1 Å². The van der Waals surface area contributed by atoms with E-state index in [0.29, 0.717) is 10.9 Å². The normalized spacial score (nSPS) is 12.2. The van der Waals surface area contributed by atoms with Crippen LogP contribution in [0.5, 0.6) is 0 Å². The quantitative estimate of drug-likeness (QED) is 0.729. The average Bonchev–Trinajstić information content (AvgIpc) is 2.96. The highest BCUT2D eigenvalue weighted by atomic mass is 35.5. The maximum atomic E-state index is 6.24. The van der Waals surface area contributed by atoms with Crippen LogP contribution in [0.4, 0.5) is 0 Å². The van der Waals surface area contributed by atoms with Gasteiger partial charge in [-0.05, 0) is 40.6 Å². The molecule has 4 heteroatoms. The minimum Gasteiger partial charge on any atom is -0.337 e. The number of benzene rings is 1. The van der Waals surface area contributed by atoms with Crippen molar-refractivity contribution in [2.75, 3.05) is 0 Å². The molecule has 0 bridgehead atoms. The summed E-state index contributed by atoms with van der Waals surface area (Å²) in [4.78, 5) is 7.64. The first-order valence-electron chi connectivity index (χ1n) is 5.17. The predicted molar refractivity (Wildman–Crippen MR) is 74.1 cm³/mol. The van der Waals surface area contributed by atoms with Crippen molar-refractivity contribution in [3.8, 4) is 0 Å². The van der Waals surface area contributed by atoms with Crippen molar-refractivity contribution < 1.29 is 0 Å². The molecule has 0 unspecified atom stereocenters. The van der Waals surface area contributed by atoms with Gasteiger partial charge in [0.05, 0.1) is 16.1 Å². The molecule has 3 aromatic rings. The Hall–Kier alpha value is -1.58. The van der Waals surface area contributed by atoms with Crippen LogP contribution in [0.3, 0.4) is 0 Å². The number of para-hydroxylation sites is 2. The molecule has 3 rings (SSSR count). The zero-order valence-electron chi connectivity index (χ0n) is 8.85. The monoisotopic (exact) mass is 260 g/mol. The molecule has 0 atom stereocenters. The van der Waals surface area contributed by atoms with Gasteiger partial charge in [-0.2, -0.15) is 11.3 Å². The first-order valence-corrected chi connectivity index (χ1v) is 6.49. The molecule has 2 aromatic heterocycles. The Morgan fingerprint density at radius 2 is 2.18 bits per heavy atom. The van der Waals surface area contributed by atoms with Crippen molar-refractivity contribution in [1.82, 2.24) is 9.97 Å². The number of aromatic amines is 1. The first kappa shape index (κ1) is 10.6. The van der Waals surface area contributed by atoms with Gasteiger partial charge in [-0.25, -0.2) is 4.98 Å². The molecule has 84 valence electrons.